The van der Waals surface area contributed by atoms with Gasteiger partial charge in [0.15, 0.2) is 17.2 Å². The quantitative estimate of drug-likeness (QED) is 0.340. The Bertz CT molecular complexity index is 1650. The molecular formula is C27H28N10O2. The van der Waals surface area contributed by atoms with Crippen LogP contribution in [0, 0.1) is 6.92 Å². The molecule has 0 radical (unpaired) electrons. The van der Waals surface area contributed by atoms with Crippen molar-refractivity contribution in [2.45, 2.75) is 19.9 Å². The molecule has 0 saturated carbocycles. The Morgan fingerprint density at radius 1 is 1.10 bits per heavy atom. The van der Waals surface area contributed by atoms with Gasteiger partial charge in [-0.05, 0) is 44.7 Å². The van der Waals surface area contributed by atoms with E-state index in [1.807, 2.05) is 47.9 Å². The Labute approximate surface area is 224 Å². The van der Waals surface area contributed by atoms with Crippen molar-refractivity contribution in [3.8, 4) is 22.8 Å². The minimum atomic E-state index is -0.454. The van der Waals surface area contributed by atoms with Crippen molar-refractivity contribution in [1.82, 2.24) is 39.5 Å². The first-order valence-electron chi connectivity index (χ1n) is 12.7. The summed E-state index contributed by atoms with van der Waals surface area (Å²) in [6.45, 7) is 5.01. The third-order valence-electron chi connectivity index (χ3n) is 6.66. The van der Waals surface area contributed by atoms with Crippen LogP contribution < -0.4 is 16.0 Å². The van der Waals surface area contributed by atoms with Crippen LogP contribution in [0.2, 0.25) is 0 Å². The lowest BCUT2D eigenvalue weighted by Crippen LogP contribution is -2.43. The van der Waals surface area contributed by atoms with Crippen molar-refractivity contribution >= 4 is 23.2 Å². The number of amides is 1. The number of rotatable bonds is 6. The average molecular weight is 525 g/mol. The third kappa shape index (κ3) is 4.89. The van der Waals surface area contributed by atoms with Crippen LogP contribution in [0.1, 0.15) is 28.3 Å². The molecular weight excluding hydrogens is 496 g/mol. The van der Waals surface area contributed by atoms with E-state index in [9.17, 15) is 4.79 Å². The lowest BCUT2D eigenvalue weighted by atomic mass is 10.1. The Morgan fingerprint density at radius 3 is 2.82 bits per heavy atom. The Hall–Kier alpha value is -4.84. The number of aromatic nitrogens is 6. The first-order valence-corrected chi connectivity index (χ1v) is 12.7. The van der Waals surface area contributed by atoms with Crippen LogP contribution in [0.15, 0.2) is 59.6 Å². The molecule has 1 amide bonds. The number of nitrogens with one attached hydrogen (secondary N) is 1. The molecule has 5 aromatic heterocycles. The predicted octanol–water partition coefficient (Wildman–Crippen LogP) is 2.76. The maximum atomic E-state index is 13.3. The van der Waals surface area contributed by atoms with Crippen molar-refractivity contribution < 1.29 is 9.21 Å². The van der Waals surface area contributed by atoms with Gasteiger partial charge in [0.1, 0.15) is 23.4 Å². The number of nitrogens with zero attached hydrogens (tertiary/aromatic N) is 8. The second kappa shape index (κ2) is 10.1. The summed E-state index contributed by atoms with van der Waals surface area (Å²) in [4.78, 5) is 40.3. The molecule has 39 heavy (non-hydrogen) atoms. The van der Waals surface area contributed by atoms with Gasteiger partial charge in [-0.3, -0.25) is 9.69 Å². The van der Waals surface area contributed by atoms with Crippen LogP contribution in [0.5, 0.6) is 0 Å². The first-order chi connectivity index (χ1) is 19.0. The number of hydrogen-bond acceptors (Lipinski definition) is 10. The monoisotopic (exact) mass is 524 g/mol. The molecule has 0 spiro atoms. The summed E-state index contributed by atoms with van der Waals surface area (Å²) >= 11 is 0. The van der Waals surface area contributed by atoms with Crippen LogP contribution in [0.4, 0.5) is 11.6 Å². The number of fused-ring (bicyclic) bond motifs is 1. The summed E-state index contributed by atoms with van der Waals surface area (Å²) in [5.74, 6) is 0.658. The molecule has 198 valence electrons. The summed E-state index contributed by atoms with van der Waals surface area (Å²) in [7, 11) is 2.10. The van der Waals surface area contributed by atoms with Gasteiger partial charge >= 0.3 is 0 Å². The molecule has 1 fully saturated rings. The van der Waals surface area contributed by atoms with Crippen molar-refractivity contribution in [3.63, 3.8) is 0 Å². The van der Waals surface area contributed by atoms with Gasteiger partial charge in [-0.15, -0.1) is 0 Å². The molecule has 0 atom stereocenters. The highest BCUT2D eigenvalue weighted by molar-refractivity contribution is 5.97. The van der Waals surface area contributed by atoms with Gasteiger partial charge < -0.3 is 24.8 Å². The maximum absolute atomic E-state index is 13.3. The van der Waals surface area contributed by atoms with E-state index in [1.165, 1.54) is 12.5 Å². The Morgan fingerprint density at radius 2 is 2.00 bits per heavy atom. The Kier molecular flexibility index (Phi) is 6.37. The molecule has 5 aromatic rings. The number of aryl methyl sites for hydroxylation is 1. The smallest absolute Gasteiger partial charge is 0.274 e. The molecule has 12 heteroatoms. The molecule has 6 rings (SSSR count). The van der Waals surface area contributed by atoms with Crippen molar-refractivity contribution in [2.24, 2.45) is 0 Å². The maximum Gasteiger partial charge on any atom is 0.274 e. The van der Waals surface area contributed by atoms with Gasteiger partial charge in [0.05, 0.1) is 25.1 Å². The largest absolute Gasteiger partial charge is 0.443 e. The number of carbonyl (C=O) groups excluding carboxylic acids is 1. The van der Waals surface area contributed by atoms with Gasteiger partial charge in [0, 0.05) is 36.7 Å². The average Bonchev–Trinajstić information content (AvgIpc) is 3.62. The molecule has 1 aliphatic heterocycles. The molecule has 0 unspecified atom stereocenters. The van der Waals surface area contributed by atoms with E-state index >= 15 is 0 Å². The predicted molar refractivity (Wildman–Crippen MR) is 146 cm³/mol. The zero-order valence-electron chi connectivity index (χ0n) is 21.7. The molecule has 3 N–H and O–H groups in total. The highest BCUT2D eigenvalue weighted by Gasteiger charge is 2.23. The van der Waals surface area contributed by atoms with Crippen LogP contribution in [-0.2, 0) is 6.54 Å². The number of anilines is 2. The van der Waals surface area contributed by atoms with Crippen LogP contribution in [-0.4, -0.2) is 66.9 Å². The lowest BCUT2D eigenvalue weighted by Gasteiger charge is -2.34. The number of oxazole rings is 1. The normalized spacial score (nSPS) is 14.2. The van der Waals surface area contributed by atoms with Crippen molar-refractivity contribution in [3.05, 3.63) is 72.3 Å². The number of carbonyl (C=O) groups is 1. The van der Waals surface area contributed by atoms with E-state index in [0.29, 0.717) is 17.0 Å². The zero-order chi connectivity index (χ0) is 26.9. The number of hydrogen-bond donors (Lipinski definition) is 2. The van der Waals surface area contributed by atoms with Crippen molar-refractivity contribution in [2.75, 3.05) is 37.4 Å². The fourth-order valence-corrected chi connectivity index (χ4v) is 4.70. The van der Waals surface area contributed by atoms with E-state index < -0.39 is 5.91 Å². The van der Waals surface area contributed by atoms with E-state index in [2.05, 4.69) is 42.1 Å². The van der Waals surface area contributed by atoms with E-state index in [0.717, 1.165) is 49.0 Å². The first kappa shape index (κ1) is 24.5. The fourth-order valence-electron chi connectivity index (χ4n) is 4.70. The highest BCUT2D eigenvalue weighted by Crippen LogP contribution is 2.30. The molecule has 1 saturated heterocycles. The SMILES string of the molecule is Cc1cnc2ccc(-c3nc(C(=O)NCc4cccc(N5CCCN(C)C5)n4)c(N)nc3-c3ncco3)cn12. The minimum absolute atomic E-state index is 0.0107. The third-order valence-corrected chi connectivity index (χ3v) is 6.66. The molecule has 6 heterocycles. The van der Waals surface area contributed by atoms with E-state index in [1.54, 1.807) is 6.20 Å². The topological polar surface area (TPSA) is 144 Å². The van der Waals surface area contributed by atoms with Gasteiger partial charge in [0.2, 0.25) is 5.89 Å². The van der Waals surface area contributed by atoms with E-state index in [4.69, 9.17) is 15.1 Å². The number of nitrogens with two attached hydrogens (primary N) is 1. The molecule has 1 aliphatic rings. The second-order valence-electron chi connectivity index (χ2n) is 9.55. The molecule has 12 nitrogen and oxygen atoms in total. The number of pyridine rings is 2. The molecule has 0 aliphatic carbocycles. The number of nitrogen functional groups attached to an aromatic ring is 1. The second-order valence-corrected chi connectivity index (χ2v) is 9.55. The van der Waals surface area contributed by atoms with Crippen LogP contribution in [0.3, 0.4) is 0 Å². The molecule has 0 aromatic carbocycles. The summed E-state index contributed by atoms with van der Waals surface area (Å²) in [5.41, 5.74) is 10.2. The fraction of sp³-hybridized carbons (Fsp3) is 0.259. The zero-order valence-corrected chi connectivity index (χ0v) is 21.7. The van der Waals surface area contributed by atoms with Gasteiger partial charge in [0.25, 0.3) is 5.91 Å². The van der Waals surface area contributed by atoms with Crippen LogP contribution in [0.25, 0.3) is 28.5 Å². The number of imidazole rings is 1. The van der Waals surface area contributed by atoms with Gasteiger partial charge in [-0.1, -0.05) is 6.07 Å². The highest BCUT2D eigenvalue weighted by atomic mass is 16.3. The molecule has 0 bridgehead atoms. The Balaban J connectivity index is 1.29. The van der Waals surface area contributed by atoms with Gasteiger partial charge in [-0.25, -0.2) is 24.9 Å². The van der Waals surface area contributed by atoms with Crippen molar-refractivity contribution in [1.29, 1.82) is 0 Å². The van der Waals surface area contributed by atoms with E-state index in [-0.39, 0.29) is 23.9 Å². The summed E-state index contributed by atoms with van der Waals surface area (Å²) in [5, 5.41) is 2.90. The summed E-state index contributed by atoms with van der Waals surface area (Å²) in [6.07, 6.45) is 7.72. The summed E-state index contributed by atoms with van der Waals surface area (Å²) < 4.78 is 7.44. The summed E-state index contributed by atoms with van der Waals surface area (Å²) in [6, 6.07) is 9.55. The van der Waals surface area contributed by atoms with Gasteiger partial charge in [-0.2, -0.15) is 0 Å². The minimum Gasteiger partial charge on any atom is -0.443 e. The van der Waals surface area contributed by atoms with Crippen LogP contribution >= 0.6 is 0 Å². The lowest BCUT2D eigenvalue weighted by molar-refractivity contribution is 0.0946. The standard InChI is InChI=1S/C27H28N10O2/c1-17-13-30-20-8-7-18(15-37(17)20)22-23(27-29-9-12-39-27)34-25(28)24(33-22)26(38)31-14-19-5-3-6-21(32-19)36-11-4-10-35(2)16-36/h3,5-9,12-13,15H,4,10-11,14,16H2,1-2H3,(H2,28,34)(H,31,38).